The van der Waals surface area contributed by atoms with Crippen molar-refractivity contribution in [2.24, 2.45) is 0 Å². The van der Waals surface area contributed by atoms with E-state index >= 15 is 0 Å². The second-order valence-corrected chi connectivity index (χ2v) is 5.05. The van der Waals surface area contributed by atoms with E-state index in [1.54, 1.807) is 18.2 Å². The molecule has 22 heavy (non-hydrogen) atoms. The summed E-state index contributed by atoms with van der Waals surface area (Å²) in [5.41, 5.74) is 0.456. The normalized spacial score (nSPS) is 12.8. The van der Waals surface area contributed by atoms with Gasteiger partial charge in [-0.15, -0.1) is 0 Å². The molecule has 0 fully saturated rings. The molecule has 0 atom stereocenters. The highest BCUT2D eigenvalue weighted by Gasteiger charge is 2.15. The zero-order valence-electron chi connectivity index (χ0n) is 11.5. The third-order valence-corrected chi connectivity index (χ3v) is 3.41. The van der Waals surface area contributed by atoms with E-state index in [4.69, 9.17) is 25.8 Å². The number of hydrogen-bond acceptors (Lipinski definition) is 4. The molecule has 1 aliphatic heterocycles. The molecule has 1 heterocycles. The summed E-state index contributed by atoms with van der Waals surface area (Å²) in [5.74, 6) is 0.734. The minimum atomic E-state index is -0.535. The number of hydrogen-bond donors (Lipinski definition) is 0. The first-order valence-corrected chi connectivity index (χ1v) is 7.02. The van der Waals surface area contributed by atoms with Crippen LogP contribution in [0.3, 0.4) is 0 Å². The van der Waals surface area contributed by atoms with Gasteiger partial charge in [-0.3, -0.25) is 4.79 Å². The molecule has 0 unspecified atom stereocenters. The molecular weight excluding hydrogens is 311 g/mol. The first-order chi connectivity index (χ1) is 10.6. The van der Waals surface area contributed by atoms with Gasteiger partial charge in [0.15, 0.2) is 23.9 Å². The number of ketones is 1. The van der Waals surface area contributed by atoms with E-state index in [0.717, 1.165) is 0 Å². The predicted molar refractivity (Wildman–Crippen MR) is 78.7 cm³/mol. The van der Waals surface area contributed by atoms with Crippen LogP contribution in [0.4, 0.5) is 4.39 Å². The van der Waals surface area contributed by atoms with E-state index in [1.807, 2.05) is 0 Å². The summed E-state index contributed by atoms with van der Waals surface area (Å²) >= 11 is 5.66. The van der Waals surface area contributed by atoms with E-state index in [0.29, 0.717) is 36.0 Å². The van der Waals surface area contributed by atoms with Gasteiger partial charge in [0, 0.05) is 11.6 Å². The van der Waals surface area contributed by atoms with E-state index in [2.05, 4.69) is 0 Å². The summed E-state index contributed by atoms with van der Waals surface area (Å²) in [4.78, 5) is 12.1. The van der Waals surface area contributed by atoms with Crippen molar-refractivity contribution < 1.29 is 23.4 Å². The summed E-state index contributed by atoms with van der Waals surface area (Å²) in [5, 5.41) is -0.0516. The smallest absolute Gasteiger partial charge is 0.200 e. The highest BCUT2D eigenvalue weighted by atomic mass is 35.5. The van der Waals surface area contributed by atoms with Crippen molar-refractivity contribution in [3.05, 3.63) is 52.8 Å². The van der Waals surface area contributed by atoms with Crippen molar-refractivity contribution in [3.63, 3.8) is 0 Å². The first-order valence-electron chi connectivity index (χ1n) is 6.64. The van der Waals surface area contributed by atoms with Gasteiger partial charge < -0.3 is 14.2 Å². The van der Waals surface area contributed by atoms with Crippen LogP contribution in [-0.4, -0.2) is 25.6 Å². The number of carbonyl (C=O) groups excluding carboxylic acids is 1. The van der Waals surface area contributed by atoms with Gasteiger partial charge in [-0.1, -0.05) is 11.6 Å². The molecular formula is C16H12ClFO4. The van der Waals surface area contributed by atoms with Crippen LogP contribution in [0.2, 0.25) is 5.02 Å². The van der Waals surface area contributed by atoms with E-state index in [-0.39, 0.29) is 17.4 Å². The Morgan fingerprint density at radius 3 is 2.68 bits per heavy atom. The number of rotatable bonds is 4. The van der Waals surface area contributed by atoms with Gasteiger partial charge in [0.2, 0.25) is 0 Å². The Morgan fingerprint density at radius 1 is 1.14 bits per heavy atom. The molecule has 2 aromatic rings. The molecule has 0 saturated carbocycles. The topological polar surface area (TPSA) is 44.8 Å². The van der Waals surface area contributed by atoms with Gasteiger partial charge in [0.25, 0.3) is 0 Å². The van der Waals surface area contributed by atoms with E-state index in [1.165, 1.54) is 18.2 Å². The van der Waals surface area contributed by atoms with Crippen molar-refractivity contribution in [3.8, 4) is 17.2 Å². The standard InChI is InChI=1S/C16H12ClFO4/c17-12-8-11(2-3-13(12)18)22-9-14(19)10-1-4-15-16(7-10)21-6-5-20-15/h1-4,7-8H,5-6,9H2. The Hall–Kier alpha value is -2.27. The fourth-order valence-corrected chi connectivity index (χ4v) is 2.19. The fourth-order valence-electron chi connectivity index (χ4n) is 2.02. The van der Waals surface area contributed by atoms with Crippen molar-refractivity contribution in [2.45, 2.75) is 0 Å². The average molecular weight is 323 g/mol. The summed E-state index contributed by atoms with van der Waals surface area (Å²) in [6, 6.07) is 8.89. The maximum absolute atomic E-state index is 13.0. The Bertz CT molecular complexity index is 717. The first kappa shape index (κ1) is 14.7. The van der Waals surface area contributed by atoms with Gasteiger partial charge in [-0.25, -0.2) is 4.39 Å². The number of ether oxygens (including phenoxy) is 3. The molecule has 0 amide bonds. The van der Waals surface area contributed by atoms with Gasteiger partial charge in [0.05, 0.1) is 5.02 Å². The Kier molecular flexibility index (Phi) is 4.15. The molecule has 6 heteroatoms. The maximum Gasteiger partial charge on any atom is 0.200 e. The number of fused-ring (bicyclic) bond motifs is 1. The van der Waals surface area contributed by atoms with Crippen LogP contribution in [-0.2, 0) is 0 Å². The lowest BCUT2D eigenvalue weighted by Gasteiger charge is -2.18. The number of Topliss-reactive ketones (excluding diaryl/α,β-unsaturated/α-hetero) is 1. The number of carbonyl (C=O) groups is 1. The van der Waals surface area contributed by atoms with Gasteiger partial charge >= 0.3 is 0 Å². The molecule has 0 bridgehead atoms. The zero-order valence-corrected chi connectivity index (χ0v) is 12.2. The van der Waals surface area contributed by atoms with Gasteiger partial charge in [-0.2, -0.15) is 0 Å². The van der Waals surface area contributed by atoms with Crippen LogP contribution >= 0.6 is 11.6 Å². The summed E-state index contributed by atoms with van der Waals surface area (Å²) in [7, 11) is 0. The van der Waals surface area contributed by atoms with Crippen molar-refractivity contribution in [2.75, 3.05) is 19.8 Å². The molecule has 4 nitrogen and oxygen atoms in total. The molecule has 114 valence electrons. The van der Waals surface area contributed by atoms with Crippen molar-refractivity contribution >= 4 is 17.4 Å². The fraction of sp³-hybridized carbons (Fsp3) is 0.188. The minimum absolute atomic E-state index is 0.0516. The van der Waals surface area contributed by atoms with Crippen molar-refractivity contribution in [1.82, 2.24) is 0 Å². The molecule has 1 aliphatic rings. The second kappa shape index (κ2) is 6.23. The zero-order chi connectivity index (χ0) is 15.5. The largest absolute Gasteiger partial charge is 0.486 e. The molecule has 0 aromatic heterocycles. The summed E-state index contributed by atoms with van der Waals surface area (Å²) < 4.78 is 29.2. The molecule has 0 saturated heterocycles. The SMILES string of the molecule is O=C(COc1ccc(F)c(Cl)c1)c1ccc2c(c1)OCCO2. The maximum atomic E-state index is 13.0. The van der Waals surface area contributed by atoms with Crippen LogP contribution in [0.1, 0.15) is 10.4 Å². The predicted octanol–water partition coefficient (Wildman–Crippen LogP) is 3.51. The lowest BCUT2D eigenvalue weighted by atomic mass is 10.1. The van der Waals surface area contributed by atoms with E-state index < -0.39 is 5.82 Å². The lowest BCUT2D eigenvalue weighted by Crippen LogP contribution is -2.17. The summed E-state index contributed by atoms with van der Waals surface area (Å²) in [6.07, 6.45) is 0. The van der Waals surface area contributed by atoms with Crippen LogP contribution < -0.4 is 14.2 Å². The van der Waals surface area contributed by atoms with Crippen LogP contribution in [0.5, 0.6) is 17.2 Å². The van der Waals surface area contributed by atoms with Gasteiger partial charge in [0.1, 0.15) is 24.8 Å². The molecule has 0 spiro atoms. The van der Waals surface area contributed by atoms with Gasteiger partial charge in [-0.05, 0) is 30.3 Å². The monoisotopic (exact) mass is 322 g/mol. The highest BCUT2D eigenvalue weighted by Crippen LogP contribution is 2.31. The highest BCUT2D eigenvalue weighted by molar-refractivity contribution is 6.30. The van der Waals surface area contributed by atoms with Crippen LogP contribution in [0.25, 0.3) is 0 Å². The Labute approximate surface area is 131 Å². The molecule has 0 radical (unpaired) electrons. The Balaban J connectivity index is 1.68. The molecule has 2 aromatic carbocycles. The van der Waals surface area contributed by atoms with E-state index in [9.17, 15) is 9.18 Å². The molecule has 3 rings (SSSR count). The quantitative estimate of drug-likeness (QED) is 0.808. The molecule has 0 aliphatic carbocycles. The lowest BCUT2D eigenvalue weighted by molar-refractivity contribution is 0.0920. The third-order valence-electron chi connectivity index (χ3n) is 3.13. The number of benzene rings is 2. The Morgan fingerprint density at radius 2 is 1.91 bits per heavy atom. The second-order valence-electron chi connectivity index (χ2n) is 4.65. The van der Waals surface area contributed by atoms with Crippen molar-refractivity contribution in [1.29, 1.82) is 0 Å². The molecule has 0 N–H and O–H groups in total. The third kappa shape index (κ3) is 3.14. The number of halogens is 2. The van der Waals surface area contributed by atoms with Crippen LogP contribution in [0, 0.1) is 5.82 Å². The summed E-state index contributed by atoms with van der Waals surface area (Å²) in [6.45, 7) is 0.769. The minimum Gasteiger partial charge on any atom is -0.486 e. The van der Waals surface area contributed by atoms with Crippen LogP contribution in [0.15, 0.2) is 36.4 Å². The average Bonchev–Trinajstić information content (AvgIpc) is 2.55.